The number of carbonyl (C=O) groups is 1. The van der Waals surface area contributed by atoms with E-state index < -0.39 is 0 Å². The fourth-order valence-corrected chi connectivity index (χ4v) is 3.05. The van der Waals surface area contributed by atoms with Gasteiger partial charge < -0.3 is 15.4 Å². The van der Waals surface area contributed by atoms with E-state index in [9.17, 15) is 4.79 Å². The molecule has 1 heterocycles. The Labute approximate surface area is 174 Å². The Morgan fingerprint density at radius 1 is 0.933 bits per heavy atom. The third-order valence-corrected chi connectivity index (χ3v) is 4.43. The van der Waals surface area contributed by atoms with Crippen molar-refractivity contribution in [2.24, 2.45) is 0 Å². The molecule has 30 heavy (non-hydrogen) atoms. The molecular weight excluding hydrogens is 378 g/mol. The van der Waals surface area contributed by atoms with E-state index in [1.165, 1.54) is 6.33 Å². The van der Waals surface area contributed by atoms with Crippen LogP contribution in [0.4, 0.5) is 10.5 Å². The van der Waals surface area contributed by atoms with Gasteiger partial charge in [0, 0.05) is 5.56 Å². The lowest BCUT2D eigenvalue weighted by atomic mass is 10.1. The van der Waals surface area contributed by atoms with Crippen LogP contribution in [0.2, 0.25) is 0 Å². The predicted octanol–water partition coefficient (Wildman–Crippen LogP) is 4.13. The second-order valence-corrected chi connectivity index (χ2v) is 6.45. The quantitative estimate of drug-likeness (QED) is 0.458. The summed E-state index contributed by atoms with van der Waals surface area (Å²) < 4.78 is 7.51. The number of ether oxygens (including phenoxy) is 1. The monoisotopic (exact) mass is 399 g/mol. The summed E-state index contributed by atoms with van der Waals surface area (Å²) in [6.45, 7) is 0.711. The van der Waals surface area contributed by atoms with E-state index in [4.69, 9.17) is 4.74 Å². The molecule has 2 amide bonds. The Kier molecular flexibility index (Phi) is 6.00. The fourth-order valence-electron chi connectivity index (χ4n) is 3.05. The number of para-hydroxylation sites is 3. The first-order valence-corrected chi connectivity index (χ1v) is 9.57. The molecule has 0 aliphatic heterocycles. The topological polar surface area (TPSA) is 81.1 Å². The van der Waals surface area contributed by atoms with Gasteiger partial charge in [-0.2, -0.15) is 5.10 Å². The second-order valence-electron chi connectivity index (χ2n) is 6.45. The SMILES string of the molecule is O=C(NCCOc1ccccc1-c1ccccc1)Nc1ccccc1-n1cncn1. The number of urea groups is 1. The summed E-state index contributed by atoms with van der Waals surface area (Å²) in [5.41, 5.74) is 3.47. The molecule has 0 unspecified atom stereocenters. The van der Waals surface area contributed by atoms with Crippen molar-refractivity contribution in [2.75, 3.05) is 18.5 Å². The summed E-state index contributed by atoms with van der Waals surface area (Å²) in [5.74, 6) is 0.780. The zero-order valence-corrected chi connectivity index (χ0v) is 16.2. The highest BCUT2D eigenvalue weighted by molar-refractivity contribution is 5.91. The van der Waals surface area contributed by atoms with Crippen molar-refractivity contribution in [2.45, 2.75) is 0 Å². The first kappa shape index (κ1) is 19.2. The lowest BCUT2D eigenvalue weighted by molar-refractivity contribution is 0.247. The maximum Gasteiger partial charge on any atom is 0.319 e. The van der Waals surface area contributed by atoms with Gasteiger partial charge in [-0.05, 0) is 23.8 Å². The van der Waals surface area contributed by atoms with Crippen molar-refractivity contribution in [3.8, 4) is 22.6 Å². The average molecular weight is 399 g/mol. The number of amides is 2. The van der Waals surface area contributed by atoms with Crippen molar-refractivity contribution in [3.63, 3.8) is 0 Å². The lowest BCUT2D eigenvalue weighted by Crippen LogP contribution is -2.32. The highest BCUT2D eigenvalue weighted by atomic mass is 16.5. The zero-order valence-electron chi connectivity index (χ0n) is 16.2. The zero-order chi connectivity index (χ0) is 20.6. The van der Waals surface area contributed by atoms with Gasteiger partial charge in [-0.25, -0.2) is 14.5 Å². The first-order valence-electron chi connectivity index (χ1n) is 9.57. The van der Waals surface area contributed by atoms with Crippen LogP contribution in [-0.4, -0.2) is 33.9 Å². The van der Waals surface area contributed by atoms with E-state index >= 15 is 0 Å². The molecule has 1 aromatic heterocycles. The Morgan fingerprint density at radius 3 is 2.53 bits per heavy atom. The number of nitrogens with one attached hydrogen (secondary N) is 2. The molecule has 0 fully saturated rings. The summed E-state index contributed by atoms with van der Waals surface area (Å²) in [6.07, 6.45) is 3.03. The van der Waals surface area contributed by atoms with Crippen LogP contribution in [0.25, 0.3) is 16.8 Å². The third kappa shape index (κ3) is 4.64. The summed E-state index contributed by atoms with van der Waals surface area (Å²) in [5, 5.41) is 9.76. The van der Waals surface area contributed by atoms with Crippen LogP contribution in [0.15, 0.2) is 91.5 Å². The van der Waals surface area contributed by atoms with Crippen LogP contribution < -0.4 is 15.4 Å². The molecule has 0 aliphatic carbocycles. The smallest absolute Gasteiger partial charge is 0.319 e. The van der Waals surface area contributed by atoms with Crippen LogP contribution >= 0.6 is 0 Å². The maximum absolute atomic E-state index is 12.3. The second kappa shape index (κ2) is 9.38. The van der Waals surface area contributed by atoms with Crippen molar-refractivity contribution < 1.29 is 9.53 Å². The maximum atomic E-state index is 12.3. The highest BCUT2D eigenvalue weighted by Gasteiger charge is 2.09. The summed E-state index contributed by atoms with van der Waals surface area (Å²) in [6, 6.07) is 25.0. The van der Waals surface area contributed by atoms with Crippen molar-refractivity contribution >= 4 is 11.7 Å². The van der Waals surface area contributed by atoms with Gasteiger partial charge in [0.25, 0.3) is 0 Å². The third-order valence-electron chi connectivity index (χ3n) is 4.43. The van der Waals surface area contributed by atoms with Gasteiger partial charge in [-0.15, -0.1) is 0 Å². The van der Waals surface area contributed by atoms with E-state index in [-0.39, 0.29) is 6.03 Å². The predicted molar refractivity (Wildman–Crippen MR) is 116 cm³/mol. The highest BCUT2D eigenvalue weighted by Crippen LogP contribution is 2.29. The first-order chi connectivity index (χ1) is 14.8. The van der Waals surface area contributed by atoms with Gasteiger partial charge in [0.1, 0.15) is 25.0 Å². The Hall–Kier alpha value is -4.13. The van der Waals surface area contributed by atoms with Crippen LogP contribution in [-0.2, 0) is 0 Å². The lowest BCUT2D eigenvalue weighted by Gasteiger charge is -2.13. The van der Waals surface area contributed by atoms with Crippen LogP contribution in [0, 0.1) is 0 Å². The van der Waals surface area contributed by atoms with E-state index in [0.29, 0.717) is 18.8 Å². The summed E-state index contributed by atoms with van der Waals surface area (Å²) in [7, 11) is 0. The molecule has 0 aliphatic rings. The van der Waals surface area contributed by atoms with Crippen LogP contribution in [0.3, 0.4) is 0 Å². The number of nitrogens with zero attached hydrogens (tertiary/aromatic N) is 3. The van der Waals surface area contributed by atoms with E-state index in [2.05, 4.69) is 20.7 Å². The van der Waals surface area contributed by atoms with E-state index in [1.807, 2.05) is 78.9 Å². The number of carbonyl (C=O) groups excluding carboxylic acids is 1. The number of aromatic nitrogens is 3. The Balaban J connectivity index is 1.32. The largest absolute Gasteiger partial charge is 0.491 e. The minimum atomic E-state index is -0.317. The van der Waals surface area contributed by atoms with E-state index in [1.54, 1.807) is 11.0 Å². The molecule has 0 saturated carbocycles. The number of benzene rings is 3. The van der Waals surface area contributed by atoms with Gasteiger partial charge in [0.2, 0.25) is 0 Å². The molecule has 4 rings (SSSR count). The van der Waals surface area contributed by atoms with Crippen LogP contribution in [0.5, 0.6) is 5.75 Å². The number of anilines is 1. The Morgan fingerprint density at radius 2 is 1.70 bits per heavy atom. The molecule has 3 aromatic carbocycles. The summed E-state index contributed by atoms with van der Waals surface area (Å²) in [4.78, 5) is 16.3. The molecule has 150 valence electrons. The standard InChI is InChI=1S/C23H21N5O2/c29-23(27-20-11-5-6-12-21(20)28-17-24-16-26-28)25-14-15-30-22-13-7-4-10-19(22)18-8-2-1-3-9-18/h1-13,16-17H,14-15H2,(H2,25,27,29). The molecule has 0 saturated heterocycles. The normalized spacial score (nSPS) is 10.4. The molecule has 0 bridgehead atoms. The Bertz CT molecular complexity index is 1100. The van der Waals surface area contributed by atoms with Crippen molar-refractivity contribution in [3.05, 3.63) is 91.5 Å². The number of hydrogen-bond acceptors (Lipinski definition) is 4. The number of rotatable bonds is 7. The molecule has 4 aromatic rings. The average Bonchev–Trinajstić information content (AvgIpc) is 3.33. The molecule has 2 N–H and O–H groups in total. The van der Waals surface area contributed by atoms with Gasteiger partial charge >= 0.3 is 6.03 Å². The summed E-state index contributed by atoms with van der Waals surface area (Å²) >= 11 is 0. The minimum absolute atomic E-state index is 0.317. The van der Waals surface area contributed by atoms with Crippen LogP contribution in [0.1, 0.15) is 0 Å². The number of hydrogen-bond donors (Lipinski definition) is 2. The van der Waals surface area contributed by atoms with Crippen molar-refractivity contribution in [1.82, 2.24) is 20.1 Å². The molecule has 0 radical (unpaired) electrons. The van der Waals surface area contributed by atoms with Gasteiger partial charge in [0.15, 0.2) is 0 Å². The van der Waals surface area contributed by atoms with Crippen molar-refractivity contribution in [1.29, 1.82) is 0 Å². The minimum Gasteiger partial charge on any atom is -0.491 e. The molecule has 7 nitrogen and oxygen atoms in total. The molecule has 0 atom stereocenters. The molecular formula is C23H21N5O2. The fraction of sp³-hybridized carbons (Fsp3) is 0.0870. The van der Waals surface area contributed by atoms with Gasteiger partial charge in [0.05, 0.1) is 17.9 Å². The molecule has 0 spiro atoms. The molecule has 7 heteroatoms. The van der Waals surface area contributed by atoms with E-state index in [0.717, 1.165) is 22.6 Å². The van der Waals surface area contributed by atoms with Gasteiger partial charge in [-0.1, -0.05) is 60.7 Å². The van der Waals surface area contributed by atoms with Gasteiger partial charge in [-0.3, -0.25) is 0 Å².